The SMILES string of the molecule is CCCC(=O)Nc1nc2ccc(NC(=O)c3ccccc3[N+](=O)[O-])cc2s1. The Morgan fingerprint density at radius 3 is 2.70 bits per heavy atom. The van der Waals surface area contributed by atoms with Gasteiger partial charge in [0, 0.05) is 18.2 Å². The number of aromatic nitrogens is 1. The fraction of sp³-hybridized carbons (Fsp3) is 0.167. The number of rotatable bonds is 6. The maximum absolute atomic E-state index is 12.4. The third kappa shape index (κ3) is 4.26. The fourth-order valence-corrected chi connectivity index (χ4v) is 3.41. The van der Waals surface area contributed by atoms with Crippen molar-refractivity contribution in [3.05, 3.63) is 58.1 Å². The summed E-state index contributed by atoms with van der Waals surface area (Å²) in [5.74, 6) is -0.663. The van der Waals surface area contributed by atoms with E-state index in [1.807, 2.05) is 6.92 Å². The number of hydrogen-bond donors (Lipinski definition) is 2. The maximum atomic E-state index is 12.4. The van der Waals surface area contributed by atoms with Gasteiger partial charge in [0.05, 0.1) is 15.1 Å². The third-order valence-electron chi connectivity index (χ3n) is 3.72. The number of hydrogen-bond acceptors (Lipinski definition) is 6. The number of para-hydroxylation sites is 1. The van der Waals surface area contributed by atoms with Gasteiger partial charge in [-0.3, -0.25) is 19.7 Å². The Morgan fingerprint density at radius 2 is 1.96 bits per heavy atom. The van der Waals surface area contributed by atoms with Gasteiger partial charge in [0.25, 0.3) is 11.6 Å². The highest BCUT2D eigenvalue weighted by atomic mass is 32.1. The van der Waals surface area contributed by atoms with Crippen molar-refractivity contribution in [3.8, 4) is 0 Å². The van der Waals surface area contributed by atoms with Crippen LogP contribution in [0.25, 0.3) is 10.2 Å². The predicted molar refractivity (Wildman–Crippen MR) is 104 cm³/mol. The van der Waals surface area contributed by atoms with E-state index in [9.17, 15) is 19.7 Å². The van der Waals surface area contributed by atoms with Crippen molar-refractivity contribution < 1.29 is 14.5 Å². The van der Waals surface area contributed by atoms with Crippen LogP contribution >= 0.6 is 11.3 Å². The van der Waals surface area contributed by atoms with Gasteiger partial charge in [0.15, 0.2) is 5.13 Å². The Kier molecular flexibility index (Phi) is 5.41. The second kappa shape index (κ2) is 7.92. The molecular formula is C18H16N4O4S. The highest BCUT2D eigenvalue weighted by Gasteiger charge is 2.19. The summed E-state index contributed by atoms with van der Waals surface area (Å²) in [7, 11) is 0. The monoisotopic (exact) mass is 384 g/mol. The van der Waals surface area contributed by atoms with Crippen LogP contribution in [0.4, 0.5) is 16.5 Å². The molecule has 27 heavy (non-hydrogen) atoms. The highest BCUT2D eigenvalue weighted by molar-refractivity contribution is 7.22. The Morgan fingerprint density at radius 1 is 1.19 bits per heavy atom. The van der Waals surface area contributed by atoms with E-state index in [1.54, 1.807) is 24.3 Å². The van der Waals surface area contributed by atoms with Gasteiger partial charge in [-0.1, -0.05) is 30.4 Å². The number of nitrogens with zero attached hydrogens (tertiary/aromatic N) is 2. The van der Waals surface area contributed by atoms with Gasteiger partial charge in [-0.05, 0) is 30.7 Å². The standard InChI is InChI=1S/C18H16N4O4S/c1-2-5-16(23)21-18-20-13-9-8-11(10-15(13)27-18)19-17(24)12-6-3-4-7-14(12)22(25)26/h3-4,6-10H,2,5H2,1H3,(H,19,24)(H,20,21,23). The van der Waals surface area contributed by atoms with E-state index in [0.29, 0.717) is 22.8 Å². The first-order valence-corrected chi connectivity index (χ1v) is 9.05. The van der Waals surface area contributed by atoms with Crippen LogP contribution in [0.1, 0.15) is 30.1 Å². The molecule has 3 aromatic rings. The van der Waals surface area contributed by atoms with E-state index in [1.165, 1.54) is 29.5 Å². The van der Waals surface area contributed by atoms with Crippen molar-refractivity contribution in [3.63, 3.8) is 0 Å². The minimum Gasteiger partial charge on any atom is -0.322 e. The molecule has 0 aliphatic rings. The van der Waals surface area contributed by atoms with Crippen molar-refractivity contribution in [2.24, 2.45) is 0 Å². The van der Waals surface area contributed by atoms with Crippen molar-refractivity contribution in [2.75, 3.05) is 10.6 Å². The quantitative estimate of drug-likeness (QED) is 0.488. The van der Waals surface area contributed by atoms with Gasteiger partial charge in [-0.2, -0.15) is 0 Å². The minimum atomic E-state index is -0.591. The van der Waals surface area contributed by atoms with Crippen LogP contribution in [-0.4, -0.2) is 21.7 Å². The lowest BCUT2D eigenvalue weighted by Crippen LogP contribution is -2.13. The molecule has 0 aliphatic heterocycles. The van der Waals surface area contributed by atoms with Crippen molar-refractivity contribution in [1.29, 1.82) is 0 Å². The molecule has 0 atom stereocenters. The molecule has 0 aliphatic carbocycles. The summed E-state index contributed by atoms with van der Waals surface area (Å²) in [6.07, 6.45) is 1.17. The summed E-state index contributed by atoms with van der Waals surface area (Å²) in [6, 6.07) is 10.9. The molecule has 0 radical (unpaired) electrons. The third-order valence-corrected chi connectivity index (χ3v) is 4.65. The Labute approximate surface area is 158 Å². The molecule has 8 nitrogen and oxygen atoms in total. The number of fused-ring (bicyclic) bond motifs is 1. The van der Waals surface area contributed by atoms with E-state index in [4.69, 9.17) is 0 Å². The van der Waals surface area contributed by atoms with Crippen molar-refractivity contribution in [2.45, 2.75) is 19.8 Å². The zero-order chi connectivity index (χ0) is 19.4. The molecule has 138 valence electrons. The van der Waals surface area contributed by atoms with Crippen LogP contribution in [0.3, 0.4) is 0 Å². The maximum Gasteiger partial charge on any atom is 0.282 e. The Hall–Kier alpha value is -3.33. The average molecular weight is 384 g/mol. The summed E-state index contributed by atoms with van der Waals surface area (Å²) in [5.41, 5.74) is 0.908. The van der Waals surface area contributed by atoms with E-state index in [-0.39, 0.29) is 17.2 Å². The lowest BCUT2D eigenvalue weighted by molar-refractivity contribution is -0.385. The number of anilines is 2. The summed E-state index contributed by atoms with van der Waals surface area (Å²) >= 11 is 1.29. The highest BCUT2D eigenvalue weighted by Crippen LogP contribution is 2.29. The molecule has 2 aromatic carbocycles. The van der Waals surface area contributed by atoms with Crippen LogP contribution < -0.4 is 10.6 Å². The van der Waals surface area contributed by atoms with Crippen LogP contribution in [0.5, 0.6) is 0 Å². The summed E-state index contributed by atoms with van der Waals surface area (Å²) < 4.78 is 0.780. The van der Waals surface area contributed by atoms with Crippen LogP contribution in [0, 0.1) is 10.1 Å². The molecule has 0 unspecified atom stereocenters. The number of nitrogens with one attached hydrogen (secondary N) is 2. The van der Waals surface area contributed by atoms with Crippen LogP contribution in [0.15, 0.2) is 42.5 Å². The lowest BCUT2D eigenvalue weighted by Gasteiger charge is -2.05. The summed E-state index contributed by atoms with van der Waals surface area (Å²) in [6.45, 7) is 1.92. The van der Waals surface area contributed by atoms with Crippen LogP contribution in [-0.2, 0) is 4.79 Å². The van der Waals surface area contributed by atoms with Crippen molar-refractivity contribution >= 4 is 49.9 Å². The minimum absolute atomic E-state index is 0.0144. The number of nitro groups is 1. The molecule has 0 spiro atoms. The number of carbonyl (C=O) groups is 2. The van der Waals surface area contributed by atoms with Gasteiger partial charge in [0.2, 0.25) is 5.91 Å². The van der Waals surface area contributed by atoms with E-state index in [2.05, 4.69) is 15.6 Å². The molecule has 0 saturated heterocycles. The second-order valence-corrected chi connectivity index (χ2v) is 6.76. The first kappa shape index (κ1) is 18.5. The summed E-state index contributed by atoms with van der Waals surface area (Å²) in [4.78, 5) is 38.9. The Balaban J connectivity index is 1.80. The van der Waals surface area contributed by atoms with Gasteiger partial charge in [-0.15, -0.1) is 0 Å². The van der Waals surface area contributed by atoms with Gasteiger partial charge in [0.1, 0.15) is 5.56 Å². The first-order valence-electron chi connectivity index (χ1n) is 8.23. The molecule has 0 saturated carbocycles. The molecule has 9 heteroatoms. The largest absolute Gasteiger partial charge is 0.322 e. The van der Waals surface area contributed by atoms with Crippen LogP contribution in [0.2, 0.25) is 0 Å². The number of carbonyl (C=O) groups excluding carboxylic acids is 2. The molecule has 0 fully saturated rings. The number of nitro benzene ring substituents is 1. The predicted octanol–water partition coefficient (Wildman–Crippen LogP) is 4.20. The lowest BCUT2D eigenvalue weighted by atomic mass is 10.1. The number of amides is 2. The van der Waals surface area contributed by atoms with Gasteiger partial charge < -0.3 is 10.6 Å². The molecule has 1 aromatic heterocycles. The zero-order valence-electron chi connectivity index (χ0n) is 14.4. The van der Waals surface area contributed by atoms with E-state index >= 15 is 0 Å². The zero-order valence-corrected chi connectivity index (χ0v) is 15.2. The molecule has 2 amide bonds. The number of thiazole rings is 1. The van der Waals surface area contributed by atoms with Gasteiger partial charge >= 0.3 is 0 Å². The molecule has 0 bridgehead atoms. The molecule has 1 heterocycles. The topological polar surface area (TPSA) is 114 Å². The first-order chi connectivity index (χ1) is 13.0. The average Bonchev–Trinajstić information content (AvgIpc) is 3.03. The van der Waals surface area contributed by atoms with Gasteiger partial charge in [-0.25, -0.2) is 4.98 Å². The normalized spacial score (nSPS) is 10.6. The van der Waals surface area contributed by atoms with E-state index in [0.717, 1.165) is 11.1 Å². The molecular weight excluding hydrogens is 368 g/mol. The molecule has 3 rings (SSSR count). The van der Waals surface area contributed by atoms with Crippen molar-refractivity contribution in [1.82, 2.24) is 4.98 Å². The fourth-order valence-electron chi connectivity index (χ4n) is 2.49. The second-order valence-electron chi connectivity index (χ2n) is 5.73. The summed E-state index contributed by atoms with van der Waals surface area (Å²) in [5, 5.41) is 17.0. The molecule has 2 N–H and O–H groups in total. The number of benzene rings is 2. The van der Waals surface area contributed by atoms with E-state index < -0.39 is 10.8 Å². The Bertz CT molecular complexity index is 1030. The smallest absolute Gasteiger partial charge is 0.282 e.